The van der Waals surface area contributed by atoms with E-state index in [1.54, 1.807) is 0 Å². The monoisotopic (exact) mass is 284 g/mol. The molecule has 0 aromatic carbocycles. The molecular weight excluding hydrogens is 260 g/mol. The number of rotatable bonds is 8. The Morgan fingerprint density at radius 1 is 1.53 bits per heavy atom. The lowest BCUT2D eigenvalue weighted by atomic mass is 10.2. The minimum atomic E-state index is -0.0622. The first kappa shape index (κ1) is 16.1. The molecule has 1 rings (SSSR count). The van der Waals surface area contributed by atoms with Crippen LogP contribution in [0.2, 0.25) is 0 Å². The van der Waals surface area contributed by atoms with Crippen LogP contribution in [0.15, 0.2) is 5.38 Å². The van der Waals surface area contributed by atoms with Crippen molar-refractivity contribution in [2.75, 3.05) is 27.2 Å². The molecule has 19 heavy (non-hydrogen) atoms. The van der Waals surface area contributed by atoms with Gasteiger partial charge in [0, 0.05) is 11.9 Å². The molecule has 1 aromatic heterocycles. The molecule has 1 heterocycles. The van der Waals surface area contributed by atoms with E-state index in [0.29, 0.717) is 6.42 Å². The lowest BCUT2D eigenvalue weighted by molar-refractivity contribution is -0.120. The summed E-state index contributed by atoms with van der Waals surface area (Å²) < 4.78 is 0. The second-order valence-electron chi connectivity index (χ2n) is 5.00. The summed E-state index contributed by atoms with van der Waals surface area (Å²) in [6.07, 6.45) is 2.45. The third kappa shape index (κ3) is 6.66. The maximum Gasteiger partial charge on any atom is 0.226 e. The SMILES string of the molecule is CC(N)c1nc(CC(=O)NCCCCN(C)C)cs1. The molecule has 0 aliphatic carbocycles. The second kappa shape index (κ2) is 8.24. The fourth-order valence-electron chi connectivity index (χ4n) is 1.62. The fraction of sp³-hybridized carbons (Fsp3) is 0.692. The Balaban J connectivity index is 2.19. The molecule has 108 valence electrons. The molecule has 0 aliphatic heterocycles. The van der Waals surface area contributed by atoms with Crippen molar-refractivity contribution >= 4 is 17.2 Å². The summed E-state index contributed by atoms with van der Waals surface area (Å²) in [5, 5.41) is 5.71. The molecule has 0 saturated heterocycles. The quantitative estimate of drug-likeness (QED) is 0.703. The summed E-state index contributed by atoms with van der Waals surface area (Å²) in [5.41, 5.74) is 6.55. The summed E-state index contributed by atoms with van der Waals surface area (Å²) >= 11 is 1.51. The van der Waals surface area contributed by atoms with Crippen LogP contribution in [-0.2, 0) is 11.2 Å². The first-order chi connectivity index (χ1) is 8.99. The number of aromatic nitrogens is 1. The molecule has 0 radical (unpaired) electrons. The highest BCUT2D eigenvalue weighted by Crippen LogP contribution is 2.15. The Morgan fingerprint density at radius 2 is 2.26 bits per heavy atom. The highest BCUT2D eigenvalue weighted by atomic mass is 32.1. The molecule has 0 spiro atoms. The number of nitrogens with two attached hydrogens (primary N) is 1. The van der Waals surface area contributed by atoms with Crippen LogP contribution in [0.4, 0.5) is 0 Å². The first-order valence-electron chi connectivity index (χ1n) is 6.60. The molecule has 1 unspecified atom stereocenters. The Bertz CT molecular complexity index is 390. The van der Waals surface area contributed by atoms with E-state index in [-0.39, 0.29) is 11.9 Å². The average molecular weight is 284 g/mol. The van der Waals surface area contributed by atoms with Gasteiger partial charge in [0.05, 0.1) is 18.2 Å². The van der Waals surface area contributed by atoms with Gasteiger partial charge in [-0.05, 0) is 40.4 Å². The van der Waals surface area contributed by atoms with Crippen molar-refractivity contribution in [2.45, 2.75) is 32.2 Å². The van der Waals surface area contributed by atoms with Gasteiger partial charge in [-0.1, -0.05) is 0 Å². The van der Waals surface area contributed by atoms with E-state index in [2.05, 4.69) is 29.3 Å². The number of thiazole rings is 1. The van der Waals surface area contributed by atoms with E-state index in [4.69, 9.17) is 5.73 Å². The van der Waals surface area contributed by atoms with Gasteiger partial charge in [-0.15, -0.1) is 11.3 Å². The number of amides is 1. The lowest BCUT2D eigenvalue weighted by Crippen LogP contribution is -2.27. The van der Waals surface area contributed by atoms with Crippen LogP contribution in [0.3, 0.4) is 0 Å². The van der Waals surface area contributed by atoms with Crippen molar-refractivity contribution in [3.8, 4) is 0 Å². The van der Waals surface area contributed by atoms with Crippen LogP contribution in [0, 0.1) is 0 Å². The smallest absolute Gasteiger partial charge is 0.226 e. The molecule has 5 nitrogen and oxygen atoms in total. The molecule has 0 bridgehead atoms. The zero-order chi connectivity index (χ0) is 14.3. The number of nitrogens with one attached hydrogen (secondary N) is 1. The zero-order valence-electron chi connectivity index (χ0n) is 12.0. The van der Waals surface area contributed by atoms with E-state index >= 15 is 0 Å². The van der Waals surface area contributed by atoms with Crippen LogP contribution in [-0.4, -0.2) is 43.0 Å². The molecule has 1 aromatic rings. The van der Waals surface area contributed by atoms with Gasteiger partial charge in [-0.25, -0.2) is 4.98 Å². The summed E-state index contributed by atoms with van der Waals surface area (Å²) in [6, 6.07) is -0.0622. The lowest BCUT2D eigenvalue weighted by Gasteiger charge is -2.09. The molecule has 0 fully saturated rings. The van der Waals surface area contributed by atoms with Crippen molar-refractivity contribution in [2.24, 2.45) is 5.73 Å². The average Bonchev–Trinajstić information content (AvgIpc) is 2.76. The Labute approximate surface area is 119 Å². The van der Waals surface area contributed by atoms with Crippen LogP contribution < -0.4 is 11.1 Å². The summed E-state index contributed by atoms with van der Waals surface area (Å²) in [6.45, 7) is 3.68. The molecule has 0 saturated carbocycles. The van der Waals surface area contributed by atoms with Crippen LogP contribution in [0.25, 0.3) is 0 Å². The summed E-state index contributed by atoms with van der Waals surface area (Å²) in [7, 11) is 4.10. The number of hydrogen-bond donors (Lipinski definition) is 2. The van der Waals surface area contributed by atoms with Gasteiger partial charge < -0.3 is 16.0 Å². The minimum Gasteiger partial charge on any atom is -0.356 e. The van der Waals surface area contributed by atoms with Crippen molar-refractivity contribution in [3.63, 3.8) is 0 Å². The number of carbonyl (C=O) groups is 1. The normalized spacial score (nSPS) is 12.7. The van der Waals surface area contributed by atoms with E-state index in [0.717, 1.165) is 36.6 Å². The number of carbonyl (C=O) groups excluding carboxylic acids is 1. The predicted molar refractivity (Wildman–Crippen MR) is 79.2 cm³/mol. The molecule has 1 atom stereocenters. The van der Waals surface area contributed by atoms with Crippen molar-refractivity contribution in [3.05, 3.63) is 16.1 Å². The molecular formula is C13H24N4OS. The van der Waals surface area contributed by atoms with E-state index in [1.807, 2.05) is 12.3 Å². The van der Waals surface area contributed by atoms with Crippen LogP contribution in [0.5, 0.6) is 0 Å². The Hall–Kier alpha value is -0.980. The first-order valence-corrected chi connectivity index (χ1v) is 7.48. The number of hydrogen-bond acceptors (Lipinski definition) is 5. The number of nitrogens with zero attached hydrogens (tertiary/aromatic N) is 2. The van der Waals surface area contributed by atoms with Crippen molar-refractivity contribution < 1.29 is 4.79 Å². The summed E-state index contributed by atoms with van der Waals surface area (Å²) in [5.74, 6) is 0.0337. The minimum absolute atomic E-state index is 0.0337. The molecule has 0 aliphatic rings. The topological polar surface area (TPSA) is 71.2 Å². The second-order valence-corrected chi connectivity index (χ2v) is 5.89. The maximum atomic E-state index is 11.7. The molecule has 6 heteroatoms. The third-order valence-electron chi connectivity index (χ3n) is 2.65. The zero-order valence-corrected chi connectivity index (χ0v) is 12.8. The Kier molecular flexibility index (Phi) is 6.97. The standard InChI is InChI=1S/C13H24N4OS/c1-10(14)13-16-11(9-19-13)8-12(18)15-6-4-5-7-17(2)3/h9-10H,4-8,14H2,1-3H3,(H,15,18). The Morgan fingerprint density at radius 3 is 2.84 bits per heavy atom. The third-order valence-corrected chi connectivity index (χ3v) is 3.75. The van der Waals surface area contributed by atoms with E-state index in [9.17, 15) is 4.79 Å². The predicted octanol–water partition coefficient (Wildman–Crippen LogP) is 1.16. The van der Waals surface area contributed by atoms with Gasteiger partial charge in [-0.2, -0.15) is 0 Å². The van der Waals surface area contributed by atoms with Crippen LogP contribution in [0.1, 0.15) is 36.5 Å². The van der Waals surface area contributed by atoms with Gasteiger partial charge in [0.2, 0.25) is 5.91 Å². The van der Waals surface area contributed by atoms with Gasteiger partial charge in [0.1, 0.15) is 5.01 Å². The highest BCUT2D eigenvalue weighted by molar-refractivity contribution is 7.09. The van der Waals surface area contributed by atoms with Gasteiger partial charge >= 0.3 is 0 Å². The van der Waals surface area contributed by atoms with E-state index < -0.39 is 0 Å². The van der Waals surface area contributed by atoms with Crippen LogP contribution >= 0.6 is 11.3 Å². The fourth-order valence-corrected chi connectivity index (χ4v) is 2.40. The van der Waals surface area contributed by atoms with Gasteiger partial charge in [-0.3, -0.25) is 4.79 Å². The largest absolute Gasteiger partial charge is 0.356 e. The highest BCUT2D eigenvalue weighted by Gasteiger charge is 2.09. The summed E-state index contributed by atoms with van der Waals surface area (Å²) in [4.78, 5) is 18.2. The number of unbranched alkanes of at least 4 members (excludes halogenated alkanes) is 1. The van der Waals surface area contributed by atoms with E-state index in [1.165, 1.54) is 11.3 Å². The van der Waals surface area contributed by atoms with Gasteiger partial charge in [0.15, 0.2) is 0 Å². The van der Waals surface area contributed by atoms with Crippen molar-refractivity contribution in [1.29, 1.82) is 0 Å². The van der Waals surface area contributed by atoms with Gasteiger partial charge in [0.25, 0.3) is 0 Å². The molecule has 3 N–H and O–H groups in total. The molecule has 1 amide bonds. The maximum absolute atomic E-state index is 11.7. The van der Waals surface area contributed by atoms with Crippen molar-refractivity contribution in [1.82, 2.24) is 15.2 Å².